The van der Waals surface area contributed by atoms with E-state index >= 15 is 0 Å². The van der Waals surface area contributed by atoms with Gasteiger partial charge >= 0.3 is 0 Å². The number of carbonyl (C=O) groups is 2. The number of pyridine rings is 1. The molecule has 28 heavy (non-hydrogen) atoms. The summed E-state index contributed by atoms with van der Waals surface area (Å²) in [4.78, 5) is 29.5. The van der Waals surface area contributed by atoms with Gasteiger partial charge in [-0.15, -0.1) is 0 Å². The van der Waals surface area contributed by atoms with Crippen LogP contribution in [0.1, 0.15) is 12.0 Å². The molecule has 1 aliphatic carbocycles. The molecule has 0 aliphatic heterocycles. The van der Waals surface area contributed by atoms with Crippen molar-refractivity contribution in [2.75, 3.05) is 17.7 Å². The van der Waals surface area contributed by atoms with Crippen LogP contribution in [0.3, 0.4) is 0 Å². The molecule has 2 unspecified atom stereocenters. The van der Waals surface area contributed by atoms with Gasteiger partial charge in [-0.1, -0.05) is 24.3 Å². The Hall–Kier alpha value is -3.41. The molecular weight excluding hydrogens is 354 g/mol. The average molecular weight is 375 g/mol. The van der Waals surface area contributed by atoms with E-state index in [2.05, 4.69) is 15.6 Å². The van der Waals surface area contributed by atoms with Crippen molar-refractivity contribution in [2.45, 2.75) is 13.3 Å². The summed E-state index contributed by atoms with van der Waals surface area (Å²) in [5.41, 5.74) is 3.04. The summed E-state index contributed by atoms with van der Waals surface area (Å²) in [7, 11) is 1.56. The summed E-state index contributed by atoms with van der Waals surface area (Å²) in [6, 6.07) is 15.0. The van der Waals surface area contributed by atoms with Gasteiger partial charge in [0.2, 0.25) is 11.8 Å². The van der Waals surface area contributed by atoms with Gasteiger partial charge in [-0.2, -0.15) is 0 Å². The summed E-state index contributed by atoms with van der Waals surface area (Å²) in [5, 5.41) is 6.76. The molecule has 0 saturated heterocycles. The number of anilines is 2. The largest absolute Gasteiger partial charge is 0.495 e. The van der Waals surface area contributed by atoms with E-state index in [4.69, 9.17) is 4.74 Å². The Labute approximate surface area is 162 Å². The first-order valence-electron chi connectivity index (χ1n) is 9.17. The van der Waals surface area contributed by atoms with Crippen molar-refractivity contribution in [3.8, 4) is 5.75 Å². The zero-order chi connectivity index (χ0) is 19.7. The predicted octanol–water partition coefficient (Wildman–Crippen LogP) is 3.77. The molecule has 6 heteroatoms. The maximum absolute atomic E-state index is 12.6. The van der Waals surface area contributed by atoms with Gasteiger partial charge in [0, 0.05) is 11.6 Å². The normalized spacial score (nSPS) is 17.8. The second kappa shape index (κ2) is 7.31. The van der Waals surface area contributed by atoms with Crippen molar-refractivity contribution in [3.05, 3.63) is 60.3 Å². The zero-order valence-corrected chi connectivity index (χ0v) is 15.7. The van der Waals surface area contributed by atoms with Gasteiger partial charge in [-0.25, -0.2) is 0 Å². The van der Waals surface area contributed by atoms with Gasteiger partial charge in [0.15, 0.2) is 0 Å². The number of benzene rings is 2. The number of fused-ring (bicyclic) bond motifs is 1. The van der Waals surface area contributed by atoms with Gasteiger partial charge in [-0.05, 0) is 43.2 Å². The third-order valence-corrected chi connectivity index (χ3v) is 4.97. The molecule has 142 valence electrons. The van der Waals surface area contributed by atoms with E-state index in [1.807, 2.05) is 55.5 Å². The summed E-state index contributed by atoms with van der Waals surface area (Å²) < 4.78 is 5.29. The van der Waals surface area contributed by atoms with Crippen molar-refractivity contribution >= 4 is 34.1 Å². The van der Waals surface area contributed by atoms with Crippen molar-refractivity contribution in [2.24, 2.45) is 11.8 Å². The summed E-state index contributed by atoms with van der Waals surface area (Å²) in [6.45, 7) is 1.95. The third kappa shape index (κ3) is 3.53. The van der Waals surface area contributed by atoms with Crippen LogP contribution >= 0.6 is 0 Å². The molecule has 6 nitrogen and oxygen atoms in total. The van der Waals surface area contributed by atoms with Crippen LogP contribution < -0.4 is 15.4 Å². The van der Waals surface area contributed by atoms with Crippen LogP contribution in [0.4, 0.5) is 11.4 Å². The van der Waals surface area contributed by atoms with Crippen LogP contribution in [-0.4, -0.2) is 23.9 Å². The second-order valence-corrected chi connectivity index (χ2v) is 7.01. The smallest absolute Gasteiger partial charge is 0.228 e. The van der Waals surface area contributed by atoms with Crippen molar-refractivity contribution in [1.82, 2.24) is 4.98 Å². The second-order valence-electron chi connectivity index (χ2n) is 7.01. The fourth-order valence-corrected chi connectivity index (χ4v) is 3.35. The first kappa shape index (κ1) is 18.0. The Bertz CT molecular complexity index is 1060. The van der Waals surface area contributed by atoms with Gasteiger partial charge in [-0.3, -0.25) is 14.6 Å². The molecule has 3 aromatic rings. The van der Waals surface area contributed by atoms with Crippen molar-refractivity contribution in [1.29, 1.82) is 0 Å². The van der Waals surface area contributed by atoms with E-state index in [1.165, 1.54) is 0 Å². The standard InChI is InChI=1S/C22H21N3O3/c1-13-8-9-19(28-2)18(11-13)25-22(27)16-12-15(16)21(26)24-17-7-3-5-14-6-4-10-23-20(14)17/h3-11,15-16H,12H2,1-2H3,(H,24,26)(H,25,27). The van der Waals surface area contributed by atoms with Crippen molar-refractivity contribution < 1.29 is 14.3 Å². The van der Waals surface area contributed by atoms with Crippen LogP contribution in [0.15, 0.2) is 54.7 Å². The number of methoxy groups -OCH3 is 1. The molecule has 4 rings (SSSR count). The minimum absolute atomic E-state index is 0.158. The fourth-order valence-electron chi connectivity index (χ4n) is 3.35. The summed E-state index contributed by atoms with van der Waals surface area (Å²) in [5.74, 6) is -0.403. The number of amides is 2. The van der Waals surface area contributed by atoms with Gasteiger partial charge in [0.05, 0.1) is 35.8 Å². The fraction of sp³-hybridized carbons (Fsp3) is 0.227. The summed E-state index contributed by atoms with van der Waals surface area (Å²) >= 11 is 0. The molecule has 1 heterocycles. The number of nitrogens with one attached hydrogen (secondary N) is 2. The van der Waals surface area contributed by atoms with E-state index in [0.29, 0.717) is 23.5 Å². The molecular formula is C22H21N3O3. The molecule has 2 amide bonds. The number of nitrogens with zero attached hydrogens (tertiary/aromatic N) is 1. The number of aryl methyl sites for hydroxylation is 1. The molecule has 1 saturated carbocycles. The van der Waals surface area contributed by atoms with E-state index in [1.54, 1.807) is 13.3 Å². The van der Waals surface area contributed by atoms with Crippen LogP contribution in [0.5, 0.6) is 5.75 Å². The Morgan fingerprint density at radius 2 is 1.71 bits per heavy atom. The molecule has 2 aromatic carbocycles. The van der Waals surface area contributed by atoms with E-state index < -0.39 is 0 Å². The van der Waals surface area contributed by atoms with E-state index in [0.717, 1.165) is 16.5 Å². The highest BCUT2D eigenvalue weighted by Gasteiger charge is 2.48. The lowest BCUT2D eigenvalue weighted by atomic mass is 10.2. The molecule has 0 bridgehead atoms. The lowest BCUT2D eigenvalue weighted by Gasteiger charge is -2.11. The lowest BCUT2D eigenvalue weighted by molar-refractivity contribution is -0.122. The summed E-state index contributed by atoms with van der Waals surface area (Å²) in [6.07, 6.45) is 2.23. The van der Waals surface area contributed by atoms with E-state index in [9.17, 15) is 9.59 Å². The quantitative estimate of drug-likeness (QED) is 0.711. The maximum Gasteiger partial charge on any atom is 0.228 e. The topological polar surface area (TPSA) is 80.3 Å². The molecule has 2 N–H and O–H groups in total. The van der Waals surface area contributed by atoms with Gasteiger partial charge in [0.25, 0.3) is 0 Å². The third-order valence-electron chi connectivity index (χ3n) is 4.97. The maximum atomic E-state index is 12.6. The minimum Gasteiger partial charge on any atom is -0.495 e. The molecule has 1 aliphatic rings. The number of hydrogen-bond acceptors (Lipinski definition) is 4. The number of ether oxygens (including phenoxy) is 1. The molecule has 0 spiro atoms. The zero-order valence-electron chi connectivity index (χ0n) is 15.7. The number of carbonyl (C=O) groups excluding carboxylic acids is 2. The van der Waals surface area contributed by atoms with Crippen LogP contribution in [0.2, 0.25) is 0 Å². The predicted molar refractivity (Wildman–Crippen MR) is 108 cm³/mol. The monoisotopic (exact) mass is 375 g/mol. The Morgan fingerprint density at radius 3 is 2.46 bits per heavy atom. The Morgan fingerprint density at radius 1 is 1.00 bits per heavy atom. The highest BCUT2D eigenvalue weighted by Crippen LogP contribution is 2.41. The number of rotatable bonds is 5. The molecule has 2 atom stereocenters. The minimum atomic E-state index is -0.340. The SMILES string of the molecule is COc1ccc(C)cc1NC(=O)C1CC1C(=O)Nc1cccc2cccnc12. The van der Waals surface area contributed by atoms with Crippen LogP contribution in [0, 0.1) is 18.8 Å². The highest BCUT2D eigenvalue weighted by atomic mass is 16.5. The van der Waals surface area contributed by atoms with Gasteiger partial charge in [0.1, 0.15) is 5.75 Å². The number of para-hydroxylation sites is 1. The average Bonchev–Trinajstić information content (AvgIpc) is 3.50. The first-order valence-corrected chi connectivity index (χ1v) is 9.17. The molecule has 1 aromatic heterocycles. The lowest BCUT2D eigenvalue weighted by Crippen LogP contribution is -2.21. The highest BCUT2D eigenvalue weighted by molar-refractivity contribution is 6.06. The Balaban J connectivity index is 1.43. The van der Waals surface area contributed by atoms with Gasteiger partial charge < -0.3 is 15.4 Å². The van der Waals surface area contributed by atoms with E-state index in [-0.39, 0.29) is 23.7 Å². The van der Waals surface area contributed by atoms with Crippen LogP contribution in [-0.2, 0) is 9.59 Å². The first-order chi connectivity index (χ1) is 13.6. The van der Waals surface area contributed by atoms with Crippen molar-refractivity contribution in [3.63, 3.8) is 0 Å². The number of aromatic nitrogens is 1. The number of hydrogen-bond donors (Lipinski definition) is 2. The Kier molecular flexibility index (Phi) is 4.69. The van der Waals surface area contributed by atoms with Crippen LogP contribution in [0.25, 0.3) is 10.9 Å². The molecule has 0 radical (unpaired) electrons. The molecule has 1 fully saturated rings.